The minimum absolute atomic E-state index is 0.151. The van der Waals surface area contributed by atoms with Crippen molar-refractivity contribution in [2.24, 2.45) is 0 Å². The van der Waals surface area contributed by atoms with Gasteiger partial charge in [0, 0.05) is 12.6 Å². The molecular formula is C20H25N3O2. The number of nitrogens with one attached hydrogen (secondary N) is 2. The number of aromatic nitrogens is 1. The number of hydrogen-bond donors (Lipinski definition) is 2. The van der Waals surface area contributed by atoms with Crippen LogP contribution in [0, 0.1) is 0 Å². The van der Waals surface area contributed by atoms with Gasteiger partial charge in [0.15, 0.2) is 0 Å². The van der Waals surface area contributed by atoms with E-state index in [0.29, 0.717) is 18.3 Å². The van der Waals surface area contributed by atoms with Gasteiger partial charge in [-0.3, -0.25) is 4.79 Å². The first-order chi connectivity index (χ1) is 12.3. The lowest BCUT2D eigenvalue weighted by Gasteiger charge is -2.13. The second-order valence-electron chi connectivity index (χ2n) is 6.38. The van der Waals surface area contributed by atoms with E-state index in [1.807, 2.05) is 30.3 Å². The minimum Gasteiger partial charge on any atom is -0.496 e. The predicted molar refractivity (Wildman–Crippen MR) is 99.1 cm³/mol. The number of carbonyl (C=O) groups excluding carboxylic acids is 1. The Morgan fingerprint density at radius 2 is 2.00 bits per heavy atom. The van der Waals surface area contributed by atoms with Crippen LogP contribution >= 0.6 is 0 Å². The molecule has 5 heteroatoms. The molecule has 0 saturated heterocycles. The lowest BCUT2D eigenvalue weighted by Crippen LogP contribution is -2.26. The third-order valence-corrected chi connectivity index (χ3v) is 4.59. The van der Waals surface area contributed by atoms with Crippen molar-refractivity contribution >= 4 is 11.6 Å². The third-order valence-electron chi connectivity index (χ3n) is 4.59. The van der Waals surface area contributed by atoms with Gasteiger partial charge in [-0.1, -0.05) is 31.0 Å². The first kappa shape index (κ1) is 17.3. The molecule has 5 nitrogen and oxygen atoms in total. The molecule has 0 aliphatic heterocycles. The number of carbonyl (C=O) groups is 1. The summed E-state index contributed by atoms with van der Waals surface area (Å²) in [5.74, 6) is 0.694. The highest BCUT2D eigenvalue weighted by atomic mass is 16.5. The van der Waals surface area contributed by atoms with Crippen LogP contribution in [0.2, 0.25) is 0 Å². The fraction of sp³-hybridized carbons (Fsp3) is 0.400. The van der Waals surface area contributed by atoms with Crippen LogP contribution in [0.3, 0.4) is 0 Å². The Balaban J connectivity index is 1.49. The van der Waals surface area contributed by atoms with E-state index in [1.165, 1.54) is 25.7 Å². The maximum atomic E-state index is 12.2. The molecule has 1 amide bonds. The highest BCUT2D eigenvalue weighted by molar-refractivity contribution is 5.92. The monoisotopic (exact) mass is 339 g/mol. The summed E-state index contributed by atoms with van der Waals surface area (Å²) in [4.78, 5) is 16.5. The van der Waals surface area contributed by atoms with E-state index in [-0.39, 0.29) is 5.91 Å². The molecule has 1 fully saturated rings. The molecule has 0 unspecified atom stereocenters. The summed E-state index contributed by atoms with van der Waals surface area (Å²) in [6.07, 6.45) is 7.47. The molecule has 2 N–H and O–H groups in total. The largest absolute Gasteiger partial charge is 0.496 e. The Hall–Kier alpha value is -2.56. The van der Waals surface area contributed by atoms with Crippen molar-refractivity contribution in [2.75, 3.05) is 19.0 Å². The summed E-state index contributed by atoms with van der Waals surface area (Å²) >= 11 is 0. The molecule has 0 atom stereocenters. The molecule has 1 aromatic carbocycles. The Morgan fingerprint density at radius 1 is 1.20 bits per heavy atom. The van der Waals surface area contributed by atoms with Crippen LogP contribution in [0.4, 0.5) is 5.69 Å². The molecule has 0 spiro atoms. The topological polar surface area (TPSA) is 63.2 Å². The van der Waals surface area contributed by atoms with Crippen LogP contribution in [0.15, 0.2) is 42.6 Å². The molecule has 25 heavy (non-hydrogen) atoms. The van der Waals surface area contributed by atoms with Crippen molar-refractivity contribution in [2.45, 2.75) is 38.1 Å². The van der Waals surface area contributed by atoms with Crippen molar-refractivity contribution < 1.29 is 9.53 Å². The highest BCUT2D eigenvalue weighted by Gasteiger charge is 2.15. The van der Waals surface area contributed by atoms with Crippen LogP contribution in [0.5, 0.6) is 5.75 Å². The van der Waals surface area contributed by atoms with Crippen LogP contribution in [-0.4, -0.2) is 30.6 Å². The second-order valence-corrected chi connectivity index (χ2v) is 6.38. The molecule has 1 aliphatic rings. The van der Waals surface area contributed by atoms with Gasteiger partial charge in [-0.2, -0.15) is 0 Å². The number of anilines is 1. The molecule has 1 aromatic heterocycles. The van der Waals surface area contributed by atoms with Gasteiger partial charge < -0.3 is 15.4 Å². The van der Waals surface area contributed by atoms with Gasteiger partial charge in [-0.25, -0.2) is 4.98 Å². The number of benzene rings is 1. The van der Waals surface area contributed by atoms with Gasteiger partial charge in [-0.15, -0.1) is 0 Å². The van der Waals surface area contributed by atoms with Gasteiger partial charge in [-0.05, 0) is 43.0 Å². The molecule has 1 saturated carbocycles. The summed E-state index contributed by atoms with van der Waals surface area (Å²) in [5.41, 5.74) is 2.50. The maximum absolute atomic E-state index is 12.2. The van der Waals surface area contributed by atoms with E-state index in [9.17, 15) is 4.79 Å². The first-order valence-corrected chi connectivity index (χ1v) is 8.89. The number of amides is 1. The van der Waals surface area contributed by atoms with Gasteiger partial charge in [0.1, 0.15) is 11.4 Å². The van der Waals surface area contributed by atoms with Crippen molar-refractivity contribution in [1.29, 1.82) is 0 Å². The fourth-order valence-electron chi connectivity index (χ4n) is 3.23. The number of pyridine rings is 1. The number of para-hydroxylation sites is 1. The van der Waals surface area contributed by atoms with E-state index >= 15 is 0 Å². The minimum atomic E-state index is -0.151. The Kier molecular flexibility index (Phi) is 5.88. The van der Waals surface area contributed by atoms with Crippen LogP contribution in [0.1, 0.15) is 41.7 Å². The average molecular weight is 339 g/mol. The van der Waals surface area contributed by atoms with Crippen molar-refractivity contribution in [3.05, 3.63) is 53.9 Å². The van der Waals surface area contributed by atoms with Crippen molar-refractivity contribution in [1.82, 2.24) is 10.3 Å². The smallest absolute Gasteiger partial charge is 0.269 e. The maximum Gasteiger partial charge on any atom is 0.269 e. The molecule has 0 radical (unpaired) electrons. The zero-order valence-electron chi connectivity index (χ0n) is 14.6. The van der Waals surface area contributed by atoms with Crippen LogP contribution in [-0.2, 0) is 6.42 Å². The van der Waals surface area contributed by atoms with Gasteiger partial charge in [0.05, 0.1) is 19.0 Å². The Labute approximate surface area is 148 Å². The second kappa shape index (κ2) is 8.51. The molecule has 1 aliphatic carbocycles. The molecule has 1 heterocycles. The van der Waals surface area contributed by atoms with E-state index in [2.05, 4.69) is 15.6 Å². The lowest BCUT2D eigenvalue weighted by atomic mass is 10.1. The Bertz CT molecular complexity index is 694. The average Bonchev–Trinajstić information content (AvgIpc) is 3.15. The zero-order chi connectivity index (χ0) is 17.5. The van der Waals surface area contributed by atoms with E-state index in [4.69, 9.17) is 4.74 Å². The molecule has 2 aromatic rings. The summed E-state index contributed by atoms with van der Waals surface area (Å²) in [7, 11) is 1.66. The molecular weight excluding hydrogens is 314 g/mol. The van der Waals surface area contributed by atoms with E-state index < -0.39 is 0 Å². The number of hydrogen-bond acceptors (Lipinski definition) is 4. The third kappa shape index (κ3) is 4.72. The molecule has 3 rings (SSSR count). The lowest BCUT2D eigenvalue weighted by molar-refractivity contribution is 0.0949. The molecule has 0 bridgehead atoms. The standard InChI is InChI=1S/C20H25N3O2/c1-25-19-9-5-2-6-15(19)12-13-21-20(24)18-11-10-17(14-22-18)23-16-7-3-4-8-16/h2,5-6,9-11,14,16,23H,3-4,7-8,12-13H2,1H3,(H,21,24). The highest BCUT2D eigenvalue weighted by Crippen LogP contribution is 2.22. The number of nitrogens with zero attached hydrogens (tertiary/aromatic N) is 1. The fourth-order valence-corrected chi connectivity index (χ4v) is 3.23. The quantitative estimate of drug-likeness (QED) is 0.811. The zero-order valence-corrected chi connectivity index (χ0v) is 14.6. The number of ether oxygens (including phenoxy) is 1. The number of rotatable bonds is 7. The van der Waals surface area contributed by atoms with Gasteiger partial charge >= 0.3 is 0 Å². The van der Waals surface area contributed by atoms with Gasteiger partial charge in [0.2, 0.25) is 0 Å². The first-order valence-electron chi connectivity index (χ1n) is 8.89. The summed E-state index contributed by atoms with van der Waals surface area (Å²) in [5, 5.41) is 6.39. The predicted octanol–water partition coefficient (Wildman–Crippen LogP) is 3.42. The van der Waals surface area contributed by atoms with E-state index in [0.717, 1.165) is 23.4 Å². The summed E-state index contributed by atoms with van der Waals surface area (Å²) < 4.78 is 5.32. The normalized spacial score (nSPS) is 14.3. The SMILES string of the molecule is COc1ccccc1CCNC(=O)c1ccc(NC2CCCC2)cn1. The summed E-state index contributed by atoms with van der Waals surface area (Å²) in [6.45, 7) is 0.545. The van der Waals surface area contributed by atoms with Crippen LogP contribution in [0.25, 0.3) is 0 Å². The molecule has 132 valence electrons. The van der Waals surface area contributed by atoms with Crippen molar-refractivity contribution in [3.63, 3.8) is 0 Å². The van der Waals surface area contributed by atoms with Crippen molar-refractivity contribution in [3.8, 4) is 5.75 Å². The Morgan fingerprint density at radius 3 is 2.72 bits per heavy atom. The van der Waals surface area contributed by atoms with Gasteiger partial charge in [0.25, 0.3) is 5.91 Å². The number of methoxy groups -OCH3 is 1. The summed E-state index contributed by atoms with van der Waals surface area (Å²) in [6, 6.07) is 12.1. The van der Waals surface area contributed by atoms with E-state index in [1.54, 1.807) is 19.4 Å². The van der Waals surface area contributed by atoms with Crippen LogP contribution < -0.4 is 15.4 Å².